The smallest absolute Gasteiger partial charge is 0.312 e. The van der Waals surface area contributed by atoms with Crippen LogP contribution in [0.5, 0.6) is 0 Å². The number of nitrogens with one attached hydrogen (secondary N) is 1. The molecule has 2 rings (SSSR count). The summed E-state index contributed by atoms with van der Waals surface area (Å²) in [5, 5.41) is 13.9. The summed E-state index contributed by atoms with van der Waals surface area (Å²) in [4.78, 5) is 28.3. The molecule has 0 atom stereocenters. The largest absolute Gasteiger partial charge is 0.352 e. The highest BCUT2D eigenvalue weighted by Gasteiger charge is 2.41. The lowest BCUT2D eigenvalue weighted by Crippen LogP contribution is -2.62. The van der Waals surface area contributed by atoms with E-state index in [1.54, 1.807) is 18.7 Å². The van der Waals surface area contributed by atoms with Crippen LogP contribution in [0.3, 0.4) is 0 Å². The SMILES string of the molecule is CC1(C)C(=O)NCCN1c1ncc(Br)cc1[N+](=O)[O-]. The molecule has 0 unspecified atom stereocenters. The third kappa shape index (κ3) is 2.40. The number of nitro groups is 1. The van der Waals surface area contributed by atoms with E-state index in [0.717, 1.165) is 0 Å². The molecule has 0 spiro atoms. The maximum absolute atomic E-state index is 11.9. The van der Waals surface area contributed by atoms with Crippen LogP contribution in [0.4, 0.5) is 11.5 Å². The number of hydrogen-bond acceptors (Lipinski definition) is 5. The number of amides is 1. The molecule has 1 aliphatic rings. The van der Waals surface area contributed by atoms with Crippen LogP contribution < -0.4 is 10.2 Å². The Bertz CT molecular complexity index is 547. The number of piperazine rings is 1. The predicted molar refractivity (Wildman–Crippen MR) is 73.0 cm³/mol. The Kier molecular flexibility index (Phi) is 3.44. The molecule has 1 fully saturated rings. The van der Waals surface area contributed by atoms with Crippen molar-refractivity contribution >= 4 is 33.3 Å². The highest BCUT2D eigenvalue weighted by atomic mass is 79.9. The highest BCUT2D eigenvalue weighted by Crippen LogP contribution is 2.33. The van der Waals surface area contributed by atoms with E-state index in [-0.39, 0.29) is 17.4 Å². The van der Waals surface area contributed by atoms with E-state index >= 15 is 0 Å². The van der Waals surface area contributed by atoms with Gasteiger partial charge in [0.05, 0.1) is 4.92 Å². The van der Waals surface area contributed by atoms with Crippen LogP contribution in [0.2, 0.25) is 0 Å². The molecule has 1 N–H and O–H groups in total. The summed E-state index contributed by atoms with van der Waals surface area (Å²) in [5.41, 5.74) is -0.985. The molecule has 1 aromatic rings. The minimum absolute atomic E-state index is 0.114. The van der Waals surface area contributed by atoms with Gasteiger partial charge in [-0.3, -0.25) is 14.9 Å². The van der Waals surface area contributed by atoms with Gasteiger partial charge in [0.2, 0.25) is 11.7 Å². The van der Waals surface area contributed by atoms with Gasteiger partial charge in [-0.2, -0.15) is 0 Å². The molecule has 7 nitrogen and oxygen atoms in total. The second-order valence-corrected chi connectivity index (χ2v) is 5.64. The Hall–Kier alpha value is -1.70. The Morgan fingerprint density at radius 3 is 2.89 bits per heavy atom. The molecule has 0 aliphatic carbocycles. The van der Waals surface area contributed by atoms with Gasteiger partial charge in [-0.15, -0.1) is 0 Å². The topological polar surface area (TPSA) is 88.4 Å². The molecule has 0 aromatic carbocycles. The van der Waals surface area contributed by atoms with Gasteiger partial charge in [0.25, 0.3) is 0 Å². The monoisotopic (exact) mass is 328 g/mol. The van der Waals surface area contributed by atoms with Gasteiger partial charge in [0, 0.05) is 29.8 Å². The normalized spacial score (nSPS) is 18.1. The van der Waals surface area contributed by atoms with Gasteiger partial charge in [-0.25, -0.2) is 4.98 Å². The van der Waals surface area contributed by atoms with E-state index in [2.05, 4.69) is 26.2 Å². The number of nitrogens with zero attached hydrogens (tertiary/aromatic N) is 3. The molecule has 2 heterocycles. The summed E-state index contributed by atoms with van der Waals surface area (Å²) >= 11 is 3.16. The first kappa shape index (κ1) is 13.7. The quantitative estimate of drug-likeness (QED) is 0.656. The number of anilines is 1. The summed E-state index contributed by atoms with van der Waals surface area (Å²) in [6.45, 7) is 4.36. The van der Waals surface area contributed by atoms with Crippen molar-refractivity contribution in [2.75, 3.05) is 18.0 Å². The molecule has 1 saturated heterocycles. The van der Waals surface area contributed by atoms with Gasteiger partial charge in [-0.1, -0.05) is 0 Å². The summed E-state index contributed by atoms with van der Waals surface area (Å²) < 4.78 is 0.530. The fourth-order valence-electron chi connectivity index (χ4n) is 2.03. The van der Waals surface area contributed by atoms with E-state index in [0.29, 0.717) is 17.6 Å². The minimum atomic E-state index is -0.871. The minimum Gasteiger partial charge on any atom is -0.352 e. The summed E-state index contributed by atoms with van der Waals surface area (Å²) in [7, 11) is 0. The van der Waals surface area contributed by atoms with Crippen molar-refractivity contribution < 1.29 is 9.72 Å². The molecule has 0 radical (unpaired) electrons. The predicted octanol–water partition coefficient (Wildman–Crippen LogP) is 1.47. The zero-order chi connectivity index (χ0) is 14.2. The number of carbonyl (C=O) groups excluding carboxylic acids is 1. The fourth-order valence-corrected chi connectivity index (χ4v) is 2.35. The van der Waals surface area contributed by atoms with Crippen LogP contribution >= 0.6 is 15.9 Å². The fraction of sp³-hybridized carbons (Fsp3) is 0.455. The van der Waals surface area contributed by atoms with Crippen molar-refractivity contribution in [1.29, 1.82) is 0 Å². The molecule has 0 bridgehead atoms. The summed E-state index contributed by atoms with van der Waals surface area (Å²) in [6, 6.07) is 1.39. The van der Waals surface area contributed by atoms with Crippen LogP contribution in [0.15, 0.2) is 16.7 Å². The molecular weight excluding hydrogens is 316 g/mol. The van der Waals surface area contributed by atoms with Crippen molar-refractivity contribution in [2.24, 2.45) is 0 Å². The van der Waals surface area contributed by atoms with Gasteiger partial charge >= 0.3 is 5.69 Å². The number of aromatic nitrogens is 1. The second kappa shape index (κ2) is 4.76. The van der Waals surface area contributed by atoms with Crippen molar-refractivity contribution in [3.05, 3.63) is 26.9 Å². The van der Waals surface area contributed by atoms with E-state index in [4.69, 9.17) is 0 Å². The van der Waals surface area contributed by atoms with E-state index in [1.165, 1.54) is 12.3 Å². The van der Waals surface area contributed by atoms with Crippen LogP contribution in [0.1, 0.15) is 13.8 Å². The first-order valence-electron chi connectivity index (χ1n) is 5.70. The van der Waals surface area contributed by atoms with E-state index < -0.39 is 10.5 Å². The number of pyridine rings is 1. The van der Waals surface area contributed by atoms with Crippen molar-refractivity contribution in [2.45, 2.75) is 19.4 Å². The van der Waals surface area contributed by atoms with Gasteiger partial charge in [0.1, 0.15) is 5.54 Å². The molecule has 0 saturated carbocycles. The van der Waals surface area contributed by atoms with Gasteiger partial charge in [-0.05, 0) is 29.8 Å². The first-order chi connectivity index (χ1) is 8.84. The van der Waals surface area contributed by atoms with Crippen molar-refractivity contribution in [3.63, 3.8) is 0 Å². The molecule has 1 aliphatic heterocycles. The van der Waals surface area contributed by atoms with E-state index in [1.807, 2.05) is 0 Å². The lowest BCUT2D eigenvalue weighted by atomic mass is 9.99. The first-order valence-corrected chi connectivity index (χ1v) is 6.49. The van der Waals surface area contributed by atoms with Gasteiger partial charge < -0.3 is 10.2 Å². The zero-order valence-electron chi connectivity index (χ0n) is 10.5. The molecular formula is C11H13BrN4O3. The van der Waals surface area contributed by atoms with Crippen LogP contribution in [0, 0.1) is 10.1 Å². The number of halogens is 1. The number of hydrogen-bond donors (Lipinski definition) is 1. The third-order valence-corrected chi connectivity index (χ3v) is 3.55. The molecule has 102 valence electrons. The van der Waals surface area contributed by atoms with Crippen LogP contribution in [0.25, 0.3) is 0 Å². The maximum Gasteiger partial charge on any atom is 0.312 e. The molecule has 19 heavy (non-hydrogen) atoms. The molecule has 1 aromatic heterocycles. The van der Waals surface area contributed by atoms with Gasteiger partial charge in [0.15, 0.2) is 0 Å². The van der Waals surface area contributed by atoms with E-state index in [9.17, 15) is 14.9 Å². The van der Waals surface area contributed by atoms with Crippen molar-refractivity contribution in [1.82, 2.24) is 10.3 Å². The molecule has 8 heteroatoms. The van der Waals surface area contributed by atoms with Crippen molar-refractivity contribution in [3.8, 4) is 0 Å². The van der Waals surface area contributed by atoms with Crippen LogP contribution in [-0.4, -0.2) is 34.4 Å². The van der Waals surface area contributed by atoms with Crippen LogP contribution in [-0.2, 0) is 4.79 Å². The Balaban J connectivity index is 2.52. The Morgan fingerprint density at radius 1 is 1.58 bits per heavy atom. The standard InChI is InChI=1S/C11H13BrN4O3/c1-11(2)10(17)13-3-4-15(11)9-8(16(18)19)5-7(12)6-14-9/h5-6H,3-4H2,1-2H3,(H,13,17). The highest BCUT2D eigenvalue weighted by molar-refractivity contribution is 9.10. The third-order valence-electron chi connectivity index (χ3n) is 3.12. The lowest BCUT2D eigenvalue weighted by Gasteiger charge is -2.41. The summed E-state index contributed by atoms with van der Waals surface area (Å²) in [5.74, 6) is 0.0471. The summed E-state index contributed by atoms with van der Waals surface area (Å²) in [6.07, 6.45) is 1.49. The zero-order valence-corrected chi connectivity index (χ0v) is 12.1. The Labute approximate surface area is 118 Å². The molecule has 1 amide bonds. The Morgan fingerprint density at radius 2 is 2.26 bits per heavy atom. The second-order valence-electron chi connectivity index (χ2n) is 4.72. The number of carbonyl (C=O) groups is 1. The lowest BCUT2D eigenvalue weighted by molar-refractivity contribution is -0.384. The average Bonchev–Trinajstić information content (AvgIpc) is 2.33. The maximum atomic E-state index is 11.9. The number of rotatable bonds is 2. The average molecular weight is 329 g/mol.